The summed E-state index contributed by atoms with van der Waals surface area (Å²) >= 11 is 1.52. The van der Waals surface area contributed by atoms with Crippen LogP contribution < -0.4 is 10.1 Å². The molecule has 5 rings (SSSR count). The average Bonchev–Trinajstić information content (AvgIpc) is 3.25. The van der Waals surface area contributed by atoms with Gasteiger partial charge in [0.15, 0.2) is 0 Å². The van der Waals surface area contributed by atoms with Crippen LogP contribution in [0.5, 0.6) is 10.9 Å². The zero-order chi connectivity index (χ0) is 19.8. The summed E-state index contributed by atoms with van der Waals surface area (Å²) in [4.78, 5) is 22.5. The molecule has 3 atom stereocenters. The number of benzene rings is 1. The van der Waals surface area contributed by atoms with E-state index in [4.69, 9.17) is 4.74 Å². The van der Waals surface area contributed by atoms with Crippen LogP contribution in [0.2, 0.25) is 0 Å². The SMILES string of the molecule is CC(=O)N1C2CC[C@H]1CC(NCc1ccc(Oc3nc4cnccc4s3)cc1)C2. The minimum absolute atomic E-state index is 0.232. The second-order valence-electron chi connectivity index (χ2n) is 7.93. The Hall–Kier alpha value is -2.51. The summed E-state index contributed by atoms with van der Waals surface area (Å²) in [7, 11) is 0. The van der Waals surface area contributed by atoms with Gasteiger partial charge in [-0.3, -0.25) is 9.78 Å². The normalized spacial score (nSPS) is 23.5. The number of piperidine rings is 1. The van der Waals surface area contributed by atoms with Gasteiger partial charge in [-0.05, 0) is 49.4 Å². The molecule has 2 unspecified atom stereocenters. The number of thiazole rings is 1. The number of carbonyl (C=O) groups is 1. The van der Waals surface area contributed by atoms with Crippen molar-refractivity contribution in [3.05, 3.63) is 48.3 Å². The molecule has 2 aliphatic rings. The summed E-state index contributed by atoms with van der Waals surface area (Å²) < 4.78 is 6.98. The Kier molecular flexibility index (Phi) is 4.93. The molecule has 150 valence electrons. The molecule has 2 fully saturated rings. The van der Waals surface area contributed by atoms with Crippen molar-refractivity contribution in [1.82, 2.24) is 20.2 Å². The maximum absolute atomic E-state index is 11.8. The van der Waals surface area contributed by atoms with Crippen molar-refractivity contribution in [3.63, 3.8) is 0 Å². The average molecular weight is 409 g/mol. The van der Waals surface area contributed by atoms with E-state index >= 15 is 0 Å². The molecule has 29 heavy (non-hydrogen) atoms. The van der Waals surface area contributed by atoms with Gasteiger partial charge < -0.3 is 15.0 Å². The first kappa shape index (κ1) is 18.5. The highest BCUT2D eigenvalue weighted by Crippen LogP contribution is 2.36. The first-order chi connectivity index (χ1) is 14.2. The zero-order valence-corrected chi connectivity index (χ0v) is 17.2. The standard InChI is InChI=1S/C22H24N4O2S/c1-14(27)26-17-4-5-18(26)11-16(10-17)24-12-15-2-6-19(7-3-15)28-22-25-20-13-23-9-8-21(20)29-22/h2-3,6-9,13,16-18,24H,4-5,10-12H2,1H3/t16?,17-,18?/m0/s1. The van der Waals surface area contributed by atoms with Crippen molar-refractivity contribution in [2.24, 2.45) is 0 Å². The van der Waals surface area contributed by atoms with E-state index in [9.17, 15) is 4.79 Å². The highest BCUT2D eigenvalue weighted by molar-refractivity contribution is 7.20. The minimum Gasteiger partial charge on any atom is -0.431 e. The van der Waals surface area contributed by atoms with E-state index in [2.05, 4.69) is 32.3 Å². The maximum Gasteiger partial charge on any atom is 0.279 e. The second-order valence-corrected chi connectivity index (χ2v) is 8.92. The number of rotatable bonds is 5. The van der Waals surface area contributed by atoms with Crippen molar-refractivity contribution in [2.45, 2.75) is 57.3 Å². The monoisotopic (exact) mass is 408 g/mol. The molecule has 0 radical (unpaired) electrons. The zero-order valence-electron chi connectivity index (χ0n) is 16.4. The molecule has 4 heterocycles. The largest absolute Gasteiger partial charge is 0.431 e. The van der Waals surface area contributed by atoms with Crippen LogP contribution in [0, 0.1) is 0 Å². The van der Waals surface area contributed by atoms with Gasteiger partial charge in [-0.25, -0.2) is 4.98 Å². The number of amides is 1. The quantitative estimate of drug-likeness (QED) is 0.688. The van der Waals surface area contributed by atoms with Gasteiger partial charge in [0.05, 0.1) is 10.9 Å². The predicted octanol–water partition coefficient (Wildman–Crippen LogP) is 4.12. The highest BCUT2D eigenvalue weighted by Gasteiger charge is 2.41. The lowest BCUT2D eigenvalue weighted by atomic mass is 9.97. The summed E-state index contributed by atoms with van der Waals surface area (Å²) in [5.74, 6) is 1.02. The first-order valence-electron chi connectivity index (χ1n) is 10.2. The Labute approximate surface area is 173 Å². The van der Waals surface area contributed by atoms with Gasteiger partial charge in [-0.2, -0.15) is 0 Å². The number of pyridine rings is 1. The summed E-state index contributed by atoms with van der Waals surface area (Å²) in [6, 6.07) is 11.4. The number of nitrogens with zero attached hydrogens (tertiary/aromatic N) is 3. The molecule has 1 amide bonds. The molecule has 3 aromatic rings. The topological polar surface area (TPSA) is 67.4 Å². The van der Waals surface area contributed by atoms with Crippen molar-refractivity contribution >= 4 is 27.5 Å². The molecule has 0 saturated carbocycles. The van der Waals surface area contributed by atoms with Gasteiger partial charge in [0, 0.05) is 37.8 Å². The fourth-order valence-corrected chi connectivity index (χ4v) is 5.50. The molecule has 1 aromatic carbocycles. The number of hydrogen-bond acceptors (Lipinski definition) is 6. The number of carbonyl (C=O) groups excluding carboxylic acids is 1. The van der Waals surface area contributed by atoms with E-state index in [0.29, 0.717) is 23.3 Å². The molecular formula is C22H24N4O2S. The van der Waals surface area contributed by atoms with E-state index in [1.165, 1.54) is 16.9 Å². The molecule has 2 aromatic heterocycles. The van der Waals surface area contributed by atoms with Crippen LogP contribution in [0.25, 0.3) is 10.2 Å². The summed E-state index contributed by atoms with van der Waals surface area (Å²) in [5.41, 5.74) is 2.09. The van der Waals surface area contributed by atoms with E-state index in [0.717, 1.165) is 48.2 Å². The Morgan fingerprint density at radius 3 is 2.66 bits per heavy atom. The number of hydrogen-bond donors (Lipinski definition) is 1. The smallest absolute Gasteiger partial charge is 0.279 e. The van der Waals surface area contributed by atoms with E-state index in [-0.39, 0.29) is 5.91 Å². The Morgan fingerprint density at radius 2 is 1.97 bits per heavy atom. The molecular weight excluding hydrogens is 384 g/mol. The molecule has 1 N–H and O–H groups in total. The third-order valence-electron chi connectivity index (χ3n) is 5.99. The minimum atomic E-state index is 0.232. The van der Waals surface area contributed by atoms with Crippen LogP contribution in [0.1, 0.15) is 38.2 Å². The molecule has 2 bridgehead atoms. The van der Waals surface area contributed by atoms with Crippen LogP contribution in [0.15, 0.2) is 42.7 Å². The van der Waals surface area contributed by atoms with Crippen molar-refractivity contribution < 1.29 is 9.53 Å². The van der Waals surface area contributed by atoms with Crippen LogP contribution in [-0.4, -0.2) is 38.9 Å². The Morgan fingerprint density at radius 1 is 1.21 bits per heavy atom. The van der Waals surface area contributed by atoms with E-state index in [1.54, 1.807) is 19.3 Å². The van der Waals surface area contributed by atoms with Crippen molar-refractivity contribution in [1.29, 1.82) is 0 Å². The number of fused-ring (bicyclic) bond motifs is 3. The van der Waals surface area contributed by atoms with Gasteiger partial charge in [-0.1, -0.05) is 23.5 Å². The lowest BCUT2D eigenvalue weighted by molar-refractivity contribution is -0.133. The predicted molar refractivity (Wildman–Crippen MR) is 113 cm³/mol. The van der Waals surface area contributed by atoms with Crippen molar-refractivity contribution in [3.8, 4) is 10.9 Å². The summed E-state index contributed by atoms with van der Waals surface area (Å²) in [6.07, 6.45) is 7.93. The van der Waals surface area contributed by atoms with Gasteiger partial charge in [0.2, 0.25) is 5.91 Å². The number of aromatic nitrogens is 2. The number of ether oxygens (including phenoxy) is 1. The van der Waals surface area contributed by atoms with Crippen LogP contribution in [0.3, 0.4) is 0 Å². The van der Waals surface area contributed by atoms with Crippen molar-refractivity contribution in [2.75, 3.05) is 0 Å². The molecule has 0 aliphatic carbocycles. The fourth-order valence-electron chi connectivity index (χ4n) is 4.70. The Balaban J connectivity index is 1.17. The van der Waals surface area contributed by atoms with E-state index in [1.807, 2.05) is 18.2 Å². The third-order valence-corrected chi connectivity index (χ3v) is 6.90. The number of nitrogens with one attached hydrogen (secondary N) is 1. The summed E-state index contributed by atoms with van der Waals surface area (Å²) in [6.45, 7) is 2.53. The molecule has 7 heteroatoms. The lowest BCUT2D eigenvalue weighted by Crippen LogP contribution is -2.50. The molecule has 2 aliphatic heterocycles. The molecule has 2 saturated heterocycles. The van der Waals surface area contributed by atoms with Gasteiger partial charge in [0.25, 0.3) is 5.19 Å². The highest BCUT2D eigenvalue weighted by atomic mass is 32.1. The fraction of sp³-hybridized carbons (Fsp3) is 0.409. The molecule has 0 spiro atoms. The summed E-state index contributed by atoms with van der Waals surface area (Å²) in [5, 5.41) is 4.32. The maximum atomic E-state index is 11.8. The van der Waals surface area contributed by atoms with Crippen LogP contribution in [-0.2, 0) is 11.3 Å². The molecule has 6 nitrogen and oxygen atoms in total. The lowest BCUT2D eigenvalue weighted by Gasteiger charge is -2.38. The Bertz CT molecular complexity index is 972. The van der Waals surface area contributed by atoms with Gasteiger partial charge in [0.1, 0.15) is 11.3 Å². The first-order valence-corrected chi connectivity index (χ1v) is 11.0. The van der Waals surface area contributed by atoms with Crippen LogP contribution in [0.4, 0.5) is 0 Å². The van der Waals surface area contributed by atoms with Gasteiger partial charge >= 0.3 is 0 Å². The van der Waals surface area contributed by atoms with Gasteiger partial charge in [-0.15, -0.1) is 0 Å². The van der Waals surface area contributed by atoms with Crippen LogP contribution >= 0.6 is 11.3 Å². The third kappa shape index (κ3) is 3.84. The van der Waals surface area contributed by atoms with E-state index < -0.39 is 0 Å². The second kappa shape index (κ2) is 7.72.